The molecule has 0 radical (unpaired) electrons. The summed E-state index contributed by atoms with van der Waals surface area (Å²) in [5, 5.41) is 18.8. The van der Waals surface area contributed by atoms with Crippen molar-refractivity contribution in [3.8, 4) is 0 Å². The lowest BCUT2D eigenvalue weighted by molar-refractivity contribution is -0.146. The summed E-state index contributed by atoms with van der Waals surface area (Å²) < 4.78 is 6.47. The predicted octanol–water partition coefficient (Wildman–Crippen LogP) is -1.51. The number of aryl methyl sites for hydroxylation is 1. The lowest BCUT2D eigenvalue weighted by Crippen LogP contribution is -2.43. The van der Waals surface area contributed by atoms with Crippen LogP contribution >= 0.6 is 0 Å². The SMILES string of the molecule is Cc1cn(C2CC(O)C(O)CO2)c(=O)[nH]c1=O. The summed E-state index contributed by atoms with van der Waals surface area (Å²) in [6, 6.07) is 0. The maximum absolute atomic E-state index is 11.6. The second-order valence-corrected chi connectivity index (χ2v) is 4.14. The minimum absolute atomic E-state index is 0.0452. The predicted molar refractivity (Wildman–Crippen MR) is 57.7 cm³/mol. The molecule has 0 spiro atoms. The first kappa shape index (κ1) is 12.0. The van der Waals surface area contributed by atoms with E-state index in [1.54, 1.807) is 6.92 Å². The fourth-order valence-corrected chi connectivity index (χ4v) is 1.75. The minimum Gasteiger partial charge on any atom is -0.390 e. The zero-order chi connectivity index (χ0) is 12.6. The van der Waals surface area contributed by atoms with Crippen LogP contribution in [0.15, 0.2) is 15.8 Å². The molecule has 17 heavy (non-hydrogen) atoms. The summed E-state index contributed by atoms with van der Waals surface area (Å²) in [5.41, 5.74) is -0.648. The van der Waals surface area contributed by atoms with E-state index in [0.29, 0.717) is 5.56 Å². The van der Waals surface area contributed by atoms with Crippen molar-refractivity contribution in [3.05, 3.63) is 32.6 Å². The molecule has 0 aliphatic carbocycles. The Kier molecular flexibility index (Phi) is 3.14. The molecule has 1 fully saturated rings. The van der Waals surface area contributed by atoms with E-state index in [0.717, 1.165) is 0 Å². The van der Waals surface area contributed by atoms with Crippen LogP contribution in [-0.4, -0.2) is 38.6 Å². The Morgan fingerprint density at radius 2 is 2.12 bits per heavy atom. The van der Waals surface area contributed by atoms with Gasteiger partial charge >= 0.3 is 5.69 Å². The summed E-state index contributed by atoms with van der Waals surface area (Å²) in [4.78, 5) is 24.9. The molecule has 1 saturated heterocycles. The van der Waals surface area contributed by atoms with Gasteiger partial charge in [0.15, 0.2) is 0 Å². The Labute approximate surface area is 96.3 Å². The van der Waals surface area contributed by atoms with Gasteiger partial charge in [-0.2, -0.15) is 0 Å². The van der Waals surface area contributed by atoms with Crippen LogP contribution in [0.5, 0.6) is 0 Å². The van der Waals surface area contributed by atoms with Crippen molar-refractivity contribution in [1.29, 1.82) is 0 Å². The van der Waals surface area contributed by atoms with Crippen LogP contribution in [0.3, 0.4) is 0 Å². The molecule has 1 aliphatic rings. The van der Waals surface area contributed by atoms with Gasteiger partial charge in [0, 0.05) is 18.2 Å². The second kappa shape index (κ2) is 4.44. The Bertz CT molecular complexity index is 520. The first-order valence-corrected chi connectivity index (χ1v) is 5.29. The van der Waals surface area contributed by atoms with Gasteiger partial charge in [-0.3, -0.25) is 14.3 Å². The van der Waals surface area contributed by atoms with Gasteiger partial charge in [-0.05, 0) is 6.92 Å². The normalized spacial score (nSPS) is 29.2. The van der Waals surface area contributed by atoms with Crippen LogP contribution in [-0.2, 0) is 4.74 Å². The molecular weight excluding hydrogens is 228 g/mol. The zero-order valence-corrected chi connectivity index (χ0v) is 9.29. The molecule has 1 aromatic heterocycles. The van der Waals surface area contributed by atoms with Crippen molar-refractivity contribution in [2.24, 2.45) is 0 Å². The highest BCUT2D eigenvalue weighted by Gasteiger charge is 2.29. The molecule has 1 aromatic rings. The van der Waals surface area contributed by atoms with Crippen LogP contribution in [0.4, 0.5) is 0 Å². The van der Waals surface area contributed by atoms with E-state index in [2.05, 4.69) is 4.98 Å². The van der Waals surface area contributed by atoms with E-state index in [9.17, 15) is 19.8 Å². The monoisotopic (exact) mass is 242 g/mol. The van der Waals surface area contributed by atoms with Crippen LogP contribution in [0.2, 0.25) is 0 Å². The van der Waals surface area contributed by atoms with Gasteiger partial charge in [-0.1, -0.05) is 0 Å². The molecule has 0 bridgehead atoms. The van der Waals surface area contributed by atoms with Crippen LogP contribution in [0, 0.1) is 6.92 Å². The first-order valence-electron chi connectivity index (χ1n) is 5.29. The topological polar surface area (TPSA) is 105 Å². The number of aromatic amines is 1. The zero-order valence-electron chi connectivity index (χ0n) is 9.29. The summed E-state index contributed by atoms with van der Waals surface area (Å²) in [6.07, 6.45) is -1.06. The van der Waals surface area contributed by atoms with Crippen LogP contribution in [0.1, 0.15) is 18.2 Å². The molecule has 0 aromatic carbocycles. The summed E-state index contributed by atoms with van der Waals surface area (Å²) in [5.74, 6) is 0. The number of aliphatic hydroxyl groups is 2. The van der Waals surface area contributed by atoms with E-state index in [-0.39, 0.29) is 13.0 Å². The number of hydrogen-bond acceptors (Lipinski definition) is 5. The van der Waals surface area contributed by atoms with E-state index in [4.69, 9.17) is 4.74 Å². The molecule has 0 amide bonds. The van der Waals surface area contributed by atoms with Crippen LogP contribution in [0.25, 0.3) is 0 Å². The highest BCUT2D eigenvalue weighted by atomic mass is 16.5. The van der Waals surface area contributed by atoms with E-state index < -0.39 is 29.7 Å². The van der Waals surface area contributed by atoms with Gasteiger partial charge in [0.2, 0.25) is 0 Å². The molecule has 3 unspecified atom stereocenters. The third kappa shape index (κ3) is 2.31. The van der Waals surface area contributed by atoms with Gasteiger partial charge in [-0.25, -0.2) is 4.79 Å². The highest BCUT2D eigenvalue weighted by Crippen LogP contribution is 2.21. The summed E-state index contributed by atoms with van der Waals surface area (Å²) >= 11 is 0. The number of nitrogens with zero attached hydrogens (tertiary/aromatic N) is 1. The summed E-state index contributed by atoms with van der Waals surface area (Å²) in [6.45, 7) is 1.53. The number of aliphatic hydroxyl groups excluding tert-OH is 2. The largest absolute Gasteiger partial charge is 0.390 e. The van der Waals surface area contributed by atoms with Gasteiger partial charge < -0.3 is 14.9 Å². The highest BCUT2D eigenvalue weighted by molar-refractivity contribution is 5.01. The average molecular weight is 242 g/mol. The fourth-order valence-electron chi connectivity index (χ4n) is 1.75. The molecule has 7 heteroatoms. The molecule has 1 aliphatic heterocycles. The standard InChI is InChI=1S/C10H14N2O5/c1-5-3-12(10(16)11-9(5)15)8-2-6(13)7(14)4-17-8/h3,6-8,13-14H,2,4H2,1H3,(H,11,15,16). The fraction of sp³-hybridized carbons (Fsp3) is 0.600. The molecule has 2 heterocycles. The number of nitrogens with one attached hydrogen (secondary N) is 1. The Morgan fingerprint density at radius 3 is 2.76 bits per heavy atom. The van der Waals surface area contributed by atoms with E-state index in [1.165, 1.54) is 10.8 Å². The number of H-pyrrole nitrogens is 1. The number of aromatic nitrogens is 2. The quantitative estimate of drug-likeness (QED) is 0.555. The third-order valence-electron chi connectivity index (χ3n) is 2.80. The molecular formula is C10H14N2O5. The lowest BCUT2D eigenvalue weighted by atomic mass is 10.1. The Balaban J connectivity index is 2.32. The number of rotatable bonds is 1. The maximum atomic E-state index is 11.6. The average Bonchev–Trinajstić information content (AvgIpc) is 2.27. The lowest BCUT2D eigenvalue weighted by Gasteiger charge is -2.31. The van der Waals surface area contributed by atoms with Crippen molar-refractivity contribution in [3.63, 3.8) is 0 Å². The van der Waals surface area contributed by atoms with Gasteiger partial charge in [-0.15, -0.1) is 0 Å². The smallest absolute Gasteiger partial charge is 0.330 e. The van der Waals surface area contributed by atoms with Crippen molar-refractivity contribution >= 4 is 0 Å². The van der Waals surface area contributed by atoms with Gasteiger partial charge in [0.25, 0.3) is 5.56 Å². The van der Waals surface area contributed by atoms with Crippen molar-refractivity contribution < 1.29 is 14.9 Å². The second-order valence-electron chi connectivity index (χ2n) is 4.14. The van der Waals surface area contributed by atoms with Crippen molar-refractivity contribution in [1.82, 2.24) is 9.55 Å². The number of hydrogen-bond donors (Lipinski definition) is 3. The van der Waals surface area contributed by atoms with Crippen LogP contribution < -0.4 is 11.2 Å². The van der Waals surface area contributed by atoms with Crippen molar-refractivity contribution in [2.75, 3.05) is 6.61 Å². The molecule has 3 atom stereocenters. The molecule has 2 rings (SSSR count). The van der Waals surface area contributed by atoms with Gasteiger partial charge in [0.1, 0.15) is 12.3 Å². The third-order valence-corrected chi connectivity index (χ3v) is 2.80. The molecule has 7 nitrogen and oxygen atoms in total. The van der Waals surface area contributed by atoms with Gasteiger partial charge in [0.05, 0.1) is 12.7 Å². The maximum Gasteiger partial charge on any atom is 0.330 e. The number of ether oxygens (including phenoxy) is 1. The minimum atomic E-state index is -0.939. The summed E-state index contributed by atoms with van der Waals surface area (Å²) in [7, 11) is 0. The molecule has 94 valence electrons. The molecule has 3 N–H and O–H groups in total. The Hall–Kier alpha value is -1.44. The van der Waals surface area contributed by atoms with E-state index >= 15 is 0 Å². The van der Waals surface area contributed by atoms with E-state index in [1.807, 2.05) is 0 Å². The first-order chi connectivity index (χ1) is 7.99. The molecule has 0 saturated carbocycles. The Morgan fingerprint density at radius 1 is 1.41 bits per heavy atom. The van der Waals surface area contributed by atoms with Crippen molar-refractivity contribution in [2.45, 2.75) is 31.8 Å².